The quantitative estimate of drug-likeness (QED) is 0.473. The average Bonchev–Trinajstić information content (AvgIpc) is 1.90. The Balaban J connectivity index is 0.000000810. The molecule has 0 radical (unpaired) electrons. The van der Waals surface area contributed by atoms with Gasteiger partial charge < -0.3 is 0 Å². The van der Waals surface area contributed by atoms with Crippen LogP contribution in [0.4, 0.5) is 4.39 Å². The molecule has 10 heavy (non-hydrogen) atoms. The molecule has 3 heteroatoms. The second-order valence-corrected chi connectivity index (χ2v) is 1.54. The van der Waals surface area contributed by atoms with E-state index in [0.717, 1.165) is 0 Å². The van der Waals surface area contributed by atoms with Crippen LogP contribution >= 0.6 is 0 Å². The van der Waals surface area contributed by atoms with Crippen molar-refractivity contribution >= 4 is 0 Å². The number of halogens is 1. The van der Waals surface area contributed by atoms with Crippen LogP contribution in [0, 0.1) is 23.2 Å². The van der Waals surface area contributed by atoms with E-state index in [9.17, 15) is 4.39 Å². The van der Waals surface area contributed by atoms with E-state index < -0.39 is 5.82 Å². The van der Waals surface area contributed by atoms with E-state index in [1.165, 1.54) is 18.2 Å². The molecule has 0 saturated carbocycles. The van der Waals surface area contributed by atoms with Gasteiger partial charge >= 0.3 is 58.2 Å². The molecule has 0 aliphatic carbocycles. The molecule has 0 amide bonds. The normalized spacial score (nSPS) is 7.60. The summed E-state index contributed by atoms with van der Waals surface area (Å²) < 4.78 is 12.1. The predicted molar refractivity (Wildman–Crippen MR) is 30.0 cm³/mol. The van der Waals surface area contributed by atoms with Crippen LogP contribution in [0.2, 0.25) is 0 Å². The number of rotatable bonds is 0. The zero-order valence-corrected chi connectivity index (χ0v) is 10.5. The Morgan fingerprint density at radius 2 is 2.20 bits per heavy atom. The van der Waals surface area contributed by atoms with Crippen LogP contribution in [0.1, 0.15) is 5.56 Å². The van der Waals surface area contributed by atoms with Crippen LogP contribution in [0.25, 0.3) is 0 Å². The molecule has 1 nitrogen and oxygen atoms in total. The maximum absolute atomic E-state index is 12.1. The molecular formula is C7H3FNRb. The topological polar surface area (TPSA) is 23.8 Å². The molecule has 0 fully saturated rings. The fourth-order valence-electron chi connectivity index (χ4n) is 0.475. The van der Waals surface area contributed by atoms with Gasteiger partial charge in [0.2, 0.25) is 0 Å². The van der Waals surface area contributed by atoms with Crippen LogP contribution in [0.3, 0.4) is 0 Å². The van der Waals surface area contributed by atoms with Crippen molar-refractivity contribution in [2.45, 2.75) is 0 Å². The van der Waals surface area contributed by atoms with E-state index in [1.54, 1.807) is 0 Å². The molecule has 0 bridgehead atoms. The molecule has 0 saturated heterocycles. The number of nitriles is 1. The number of hydrogen-bond donors (Lipinski definition) is 0. The van der Waals surface area contributed by atoms with Crippen LogP contribution < -0.4 is 58.2 Å². The first-order chi connectivity index (χ1) is 4.33. The SMILES string of the molecule is N#Cc1c[c-]c(F)cc1.[Rb+]. The second-order valence-electron chi connectivity index (χ2n) is 1.54. The summed E-state index contributed by atoms with van der Waals surface area (Å²) in [5, 5.41) is 8.24. The molecule has 0 atom stereocenters. The maximum Gasteiger partial charge on any atom is 1.00 e. The Morgan fingerprint density at radius 3 is 2.60 bits per heavy atom. The van der Waals surface area contributed by atoms with Gasteiger partial charge in [-0.1, -0.05) is 5.56 Å². The first-order valence-electron chi connectivity index (χ1n) is 2.40. The van der Waals surface area contributed by atoms with Crippen molar-refractivity contribution in [3.63, 3.8) is 0 Å². The standard InChI is InChI=1S/C7H3FN.Rb/c8-7-3-1-6(5-9)2-4-7;/h1-3H;/q-1;+1. The first kappa shape index (κ1) is 10.4. The summed E-state index contributed by atoms with van der Waals surface area (Å²) >= 11 is 0. The summed E-state index contributed by atoms with van der Waals surface area (Å²) in [6.45, 7) is 0. The maximum atomic E-state index is 12.1. The average molecular weight is 206 g/mol. The summed E-state index contributed by atoms with van der Waals surface area (Å²) in [6.07, 6.45) is 0. The summed E-state index contributed by atoms with van der Waals surface area (Å²) in [5.41, 5.74) is 0.427. The minimum absolute atomic E-state index is 0. The largest absolute Gasteiger partial charge is 1.00 e. The molecule has 0 aromatic heterocycles. The van der Waals surface area contributed by atoms with Crippen molar-refractivity contribution < 1.29 is 62.6 Å². The molecule has 0 aliphatic heterocycles. The molecule has 1 rings (SSSR count). The van der Waals surface area contributed by atoms with Gasteiger partial charge in [0.25, 0.3) is 0 Å². The van der Waals surface area contributed by atoms with Crippen LogP contribution in [-0.2, 0) is 0 Å². The summed E-state index contributed by atoms with van der Waals surface area (Å²) in [6, 6.07) is 8.05. The Morgan fingerprint density at radius 1 is 1.50 bits per heavy atom. The number of hydrogen-bond acceptors (Lipinski definition) is 1. The van der Waals surface area contributed by atoms with E-state index >= 15 is 0 Å². The summed E-state index contributed by atoms with van der Waals surface area (Å²) in [5.74, 6) is -0.436. The van der Waals surface area contributed by atoms with Crippen molar-refractivity contribution in [3.05, 3.63) is 35.6 Å². The molecular weight excluding hydrogens is 203 g/mol. The minimum Gasteiger partial charge on any atom is -0.236 e. The van der Waals surface area contributed by atoms with Gasteiger partial charge in [0.1, 0.15) is 0 Å². The molecule has 0 unspecified atom stereocenters. The minimum atomic E-state index is -0.436. The van der Waals surface area contributed by atoms with Crippen molar-refractivity contribution in [2.75, 3.05) is 0 Å². The summed E-state index contributed by atoms with van der Waals surface area (Å²) in [7, 11) is 0. The zero-order chi connectivity index (χ0) is 6.69. The molecule has 44 valence electrons. The third-order valence-electron chi connectivity index (χ3n) is 0.904. The Bertz CT molecular complexity index is 237. The third kappa shape index (κ3) is 3.02. The van der Waals surface area contributed by atoms with Crippen LogP contribution in [0.5, 0.6) is 0 Å². The van der Waals surface area contributed by atoms with Gasteiger partial charge in [0.15, 0.2) is 0 Å². The van der Waals surface area contributed by atoms with Crippen LogP contribution in [-0.4, -0.2) is 0 Å². The van der Waals surface area contributed by atoms with Crippen molar-refractivity contribution in [3.8, 4) is 6.07 Å². The van der Waals surface area contributed by atoms with Gasteiger partial charge in [-0.15, -0.1) is 12.1 Å². The van der Waals surface area contributed by atoms with Gasteiger partial charge in [0.05, 0.1) is 0 Å². The smallest absolute Gasteiger partial charge is 0.236 e. The molecule has 0 N–H and O–H groups in total. The van der Waals surface area contributed by atoms with Crippen LogP contribution in [0.15, 0.2) is 18.2 Å². The Labute approximate surface area is 108 Å². The number of nitrogens with zero attached hydrogens (tertiary/aromatic N) is 1. The van der Waals surface area contributed by atoms with Gasteiger partial charge in [-0.2, -0.15) is 12.1 Å². The fourth-order valence-corrected chi connectivity index (χ4v) is 0.475. The molecule has 0 heterocycles. The third-order valence-corrected chi connectivity index (χ3v) is 0.904. The molecule has 1 aromatic carbocycles. The zero-order valence-electron chi connectivity index (χ0n) is 5.56. The van der Waals surface area contributed by atoms with Crippen molar-refractivity contribution in [1.82, 2.24) is 0 Å². The molecule has 0 spiro atoms. The van der Waals surface area contributed by atoms with E-state index in [4.69, 9.17) is 5.26 Å². The van der Waals surface area contributed by atoms with Gasteiger partial charge in [-0.3, -0.25) is 0 Å². The second kappa shape index (κ2) is 5.14. The van der Waals surface area contributed by atoms with Gasteiger partial charge in [-0.05, 0) is 0 Å². The monoisotopic (exact) mass is 205 g/mol. The van der Waals surface area contributed by atoms with Gasteiger partial charge in [0, 0.05) is 11.9 Å². The van der Waals surface area contributed by atoms with Gasteiger partial charge in [-0.25, -0.2) is 9.65 Å². The molecule has 0 aliphatic rings. The van der Waals surface area contributed by atoms with E-state index in [0.29, 0.717) is 5.56 Å². The van der Waals surface area contributed by atoms with E-state index in [2.05, 4.69) is 6.07 Å². The predicted octanol–water partition coefficient (Wildman–Crippen LogP) is -1.50. The fraction of sp³-hybridized carbons (Fsp3) is 0. The molecule has 1 aromatic rings. The van der Waals surface area contributed by atoms with E-state index in [-0.39, 0.29) is 58.2 Å². The Kier molecular flexibility index (Phi) is 5.37. The van der Waals surface area contributed by atoms with E-state index in [1.807, 2.05) is 6.07 Å². The van der Waals surface area contributed by atoms with Crippen molar-refractivity contribution in [1.29, 1.82) is 5.26 Å². The summed E-state index contributed by atoms with van der Waals surface area (Å²) in [4.78, 5) is 0. The first-order valence-corrected chi connectivity index (χ1v) is 2.40. The van der Waals surface area contributed by atoms with Crippen molar-refractivity contribution in [2.24, 2.45) is 0 Å². The Hall–Kier alpha value is 0.445. The number of benzene rings is 1.